The highest BCUT2D eigenvalue weighted by Gasteiger charge is 2.71. The molecule has 110 valence electrons. The highest BCUT2D eigenvalue weighted by molar-refractivity contribution is 6.04. The number of carbonyl (C=O) groups excluding carboxylic acids is 2. The fourth-order valence-electron chi connectivity index (χ4n) is 3.75. The standard InChI is InChI=1S/C15H14O6/c1-18-14-9-10(13(17)20-14)15(19-2)8-6-4-3-5-7(8)11(16)12(9)21-15/h3-6,9-10,12,14H,1-2H3/t9-,10-,12+,14+,15+/m1/s1. The van der Waals surface area contributed by atoms with Gasteiger partial charge in [-0.15, -0.1) is 0 Å². The lowest BCUT2D eigenvalue weighted by molar-refractivity contribution is -0.243. The van der Waals surface area contributed by atoms with E-state index in [1.54, 1.807) is 24.3 Å². The van der Waals surface area contributed by atoms with Crippen LogP contribution in [0, 0.1) is 11.8 Å². The summed E-state index contributed by atoms with van der Waals surface area (Å²) in [6.07, 6.45) is -1.58. The number of benzene rings is 1. The molecule has 0 spiro atoms. The number of Topliss-reactive ketones (excluding diaryl/α,β-unsaturated/α-hetero) is 1. The van der Waals surface area contributed by atoms with Crippen molar-refractivity contribution < 1.29 is 28.5 Å². The van der Waals surface area contributed by atoms with Crippen molar-refractivity contribution in [2.75, 3.05) is 14.2 Å². The molecule has 5 atom stereocenters. The summed E-state index contributed by atoms with van der Waals surface area (Å²) in [6, 6.07) is 7.06. The fourth-order valence-corrected chi connectivity index (χ4v) is 3.75. The van der Waals surface area contributed by atoms with Gasteiger partial charge in [-0.3, -0.25) is 9.59 Å². The van der Waals surface area contributed by atoms with Gasteiger partial charge in [0.2, 0.25) is 12.1 Å². The summed E-state index contributed by atoms with van der Waals surface area (Å²) in [4.78, 5) is 24.9. The Bertz CT molecular complexity index is 641. The molecule has 6 nitrogen and oxygen atoms in total. The minimum Gasteiger partial charge on any atom is -0.435 e. The van der Waals surface area contributed by atoms with Gasteiger partial charge in [0.1, 0.15) is 12.0 Å². The van der Waals surface area contributed by atoms with Gasteiger partial charge in [-0.2, -0.15) is 0 Å². The predicted octanol–water partition coefficient (Wildman–Crippen LogP) is 0.843. The van der Waals surface area contributed by atoms with E-state index in [1.165, 1.54) is 14.2 Å². The Kier molecular flexibility index (Phi) is 2.54. The van der Waals surface area contributed by atoms with Crippen molar-refractivity contribution >= 4 is 11.8 Å². The van der Waals surface area contributed by atoms with Crippen LogP contribution in [0.5, 0.6) is 0 Å². The number of esters is 1. The van der Waals surface area contributed by atoms with E-state index in [0.717, 1.165) is 0 Å². The molecule has 3 aliphatic rings. The first-order valence-electron chi connectivity index (χ1n) is 6.74. The number of ketones is 1. The van der Waals surface area contributed by atoms with Crippen LogP contribution < -0.4 is 0 Å². The first-order valence-corrected chi connectivity index (χ1v) is 6.74. The topological polar surface area (TPSA) is 71.1 Å². The molecular weight excluding hydrogens is 276 g/mol. The second-order valence-electron chi connectivity index (χ2n) is 5.42. The molecule has 2 fully saturated rings. The Morgan fingerprint density at radius 2 is 1.95 bits per heavy atom. The van der Waals surface area contributed by atoms with Crippen molar-refractivity contribution in [3.63, 3.8) is 0 Å². The van der Waals surface area contributed by atoms with E-state index in [9.17, 15) is 9.59 Å². The molecule has 0 aliphatic carbocycles. The Morgan fingerprint density at radius 1 is 1.19 bits per heavy atom. The quantitative estimate of drug-likeness (QED) is 0.752. The summed E-state index contributed by atoms with van der Waals surface area (Å²) in [5.74, 6) is -3.09. The van der Waals surface area contributed by atoms with Crippen LogP contribution >= 0.6 is 0 Å². The molecule has 0 radical (unpaired) electrons. The molecule has 3 heterocycles. The van der Waals surface area contributed by atoms with E-state index < -0.39 is 36.0 Å². The molecule has 21 heavy (non-hydrogen) atoms. The zero-order valence-electron chi connectivity index (χ0n) is 11.6. The molecule has 2 bridgehead atoms. The fraction of sp³-hybridized carbons (Fsp3) is 0.467. The predicted molar refractivity (Wildman–Crippen MR) is 68.2 cm³/mol. The normalized spacial score (nSPS) is 39.9. The Balaban J connectivity index is 1.96. The van der Waals surface area contributed by atoms with E-state index in [-0.39, 0.29) is 5.78 Å². The zero-order chi connectivity index (χ0) is 14.8. The molecule has 0 aromatic heterocycles. The van der Waals surface area contributed by atoms with E-state index in [2.05, 4.69) is 0 Å². The van der Waals surface area contributed by atoms with Gasteiger partial charge in [-0.1, -0.05) is 24.3 Å². The maximum Gasteiger partial charge on any atom is 0.317 e. The van der Waals surface area contributed by atoms with Gasteiger partial charge >= 0.3 is 5.97 Å². The number of hydrogen-bond donors (Lipinski definition) is 0. The van der Waals surface area contributed by atoms with Crippen LogP contribution in [0.3, 0.4) is 0 Å². The third-order valence-electron chi connectivity index (χ3n) is 4.61. The van der Waals surface area contributed by atoms with Gasteiger partial charge in [0.25, 0.3) is 0 Å². The lowest BCUT2D eigenvalue weighted by atomic mass is 9.86. The van der Waals surface area contributed by atoms with Crippen LogP contribution in [0.25, 0.3) is 0 Å². The second kappa shape index (κ2) is 4.13. The molecule has 0 saturated carbocycles. The number of rotatable bonds is 2. The molecule has 1 aromatic carbocycles. The number of hydrogen-bond acceptors (Lipinski definition) is 6. The summed E-state index contributed by atoms with van der Waals surface area (Å²) in [7, 11) is 2.92. The smallest absolute Gasteiger partial charge is 0.317 e. The van der Waals surface area contributed by atoms with E-state index in [1.807, 2.05) is 0 Å². The van der Waals surface area contributed by atoms with Crippen molar-refractivity contribution in [3.8, 4) is 0 Å². The monoisotopic (exact) mass is 290 g/mol. The summed E-state index contributed by atoms with van der Waals surface area (Å²) < 4.78 is 21.9. The van der Waals surface area contributed by atoms with Gasteiger partial charge < -0.3 is 18.9 Å². The highest BCUT2D eigenvalue weighted by atomic mass is 16.7. The zero-order valence-corrected chi connectivity index (χ0v) is 11.6. The van der Waals surface area contributed by atoms with Crippen LogP contribution in [-0.4, -0.2) is 38.4 Å². The SMILES string of the molecule is CO[C@H]1OC(=O)[C@H]2[C@@H]1[C@@H]1O[C@@]2(OC)c2ccccc2C1=O. The first-order chi connectivity index (χ1) is 10.1. The number of carbonyl (C=O) groups is 2. The van der Waals surface area contributed by atoms with Gasteiger partial charge in [-0.05, 0) is 0 Å². The molecule has 0 unspecified atom stereocenters. The molecule has 3 aliphatic heterocycles. The largest absolute Gasteiger partial charge is 0.435 e. The molecule has 6 heteroatoms. The van der Waals surface area contributed by atoms with E-state index in [0.29, 0.717) is 11.1 Å². The minimum atomic E-state index is -1.27. The number of cyclic esters (lactones) is 1. The number of methoxy groups -OCH3 is 2. The molecule has 1 aromatic rings. The van der Waals surface area contributed by atoms with Gasteiger partial charge in [-0.25, -0.2) is 0 Å². The average molecular weight is 290 g/mol. The van der Waals surface area contributed by atoms with E-state index >= 15 is 0 Å². The summed E-state index contributed by atoms with van der Waals surface area (Å²) in [6.45, 7) is 0. The van der Waals surface area contributed by atoms with Gasteiger partial charge in [0.05, 0.1) is 5.92 Å². The van der Waals surface area contributed by atoms with Crippen LogP contribution in [0.2, 0.25) is 0 Å². The minimum absolute atomic E-state index is 0.161. The molecular formula is C15H14O6. The van der Waals surface area contributed by atoms with Gasteiger partial charge in [0, 0.05) is 25.3 Å². The summed E-state index contributed by atoms with van der Waals surface area (Å²) in [5.41, 5.74) is 1.11. The van der Waals surface area contributed by atoms with Crippen molar-refractivity contribution in [2.45, 2.75) is 18.2 Å². The molecule has 2 saturated heterocycles. The Labute approximate surface area is 120 Å². The van der Waals surface area contributed by atoms with Crippen molar-refractivity contribution in [1.29, 1.82) is 0 Å². The van der Waals surface area contributed by atoms with Crippen molar-refractivity contribution in [2.24, 2.45) is 11.8 Å². The Hall–Kier alpha value is -1.76. The van der Waals surface area contributed by atoms with Crippen LogP contribution in [0.1, 0.15) is 15.9 Å². The maximum atomic E-state index is 12.6. The van der Waals surface area contributed by atoms with Crippen LogP contribution in [0.15, 0.2) is 24.3 Å². The van der Waals surface area contributed by atoms with Crippen LogP contribution in [0.4, 0.5) is 0 Å². The molecule has 0 amide bonds. The summed E-state index contributed by atoms with van der Waals surface area (Å²) in [5, 5.41) is 0. The second-order valence-corrected chi connectivity index (χ2v) is 5.42. The highest BCUT2D eigenvalue weighted by Crippen LogP contribution is 2.57. The summed E-state index contributed by atoms with van der Waals surface area (Å²) >= 11 is 0. The molecule has 0 N–H and O–H groups in total. The third-order valence-corrected chi connectivity index (χ3v) is 4.61. The van der Waals surface area contributed by atoms with Crippen LogP contribution in [-0.2, 0) is 29.5 Å². The maximum absolute atomic E-state index is 12.6. The first kappa shape index (κ1) is 12.9. The average Bonchev–Trinajstić information content (AvgIpc) is 3.01. The van der Waals surface area contributed by atoms with Gasteiger partial charge in [0.15, 0.2) is 5.78 Å². The number of fused-ring (bicyclic) bond motifs is 7. The molecule has 4 rings (SSSR count). The van der Waals surface area contributed by atoms with Crippen molar-refractivity contribution in [1.82, 2.24) is 0 Å². The number of ether oxygens (including phenoxy) is 4. The van der Waals surface area contributed by atoms with Crippen molar-refractivity contribution in [3.05, 3.63) is 35.4 Å². The lowest BCUT2D eigenvalue weighted by Crippen LogP contribution is -2.43. The van der Waals surface area contributed by atoms with E-state index in [4.69, 9.17) is 18.9 Å². The lowest BCUT2D eigenvalue weighted by Gasteiger charge is -2.35. The Morgan fingerprint density at radius 3 is 2.67 bits per heavy atom. The third kappa shape index (κ3) is 1.37.